The van der Waals surface area contributed by atoms with Gasteiger partial charge >= 0.3 is 0 Å². The fourth-order valence-electron chi connectivity index (χ4n) is 3.41. The lowest BCUT2D eigenvalue weighted by atomic mass is 10.1. The van der Waals surface area contributed by atoms with Crippen LogP contribution in [-0.4, -0.2) is 16.0 Å². The zero-order chi connectivity index (χ0) is 26.0. The van der Waals surface area contributed by atoms with Crippen LogP contribution in [0.4, 0.5) is 11.4 Å². The average Bonchev–Trinajstić information content (AvgIpc) is 3.15. The van der Waals surface area contributed by atoms with Gasteiger partial charge in [0.25, 0.3) is 11.6 Å². The van der Waals surface area contributed by atoms with Crippen molar-refractivity contribution in [2.75, 3.05) is 0 Å². The summed E-state index contributed by atoms with van der Waals surface area (Å²) in [4.78, 5) is 28.1. The molecule has 11 heteroatoms. The first-order valence-corrected chi connectivity index (χ1v) is 14.3. The Balaban J connectivity index is 1.49. The molecule has 4 rings (SSSR count). The smallest absolute Gasteiger partial charge is 0.269 e. The van der Waals surface area contributed by atoms with Crippen LogP contribution < -0.4 is 10.1 Å². The summed E-state index contributed by atoms with van der Waals surface area (Å²) in [6, 6.07) is 14.1. The molecule has 1 aliphatic heterocycles. The minimum absolute atomic E-state index is 0.0457. The molecule has 1 saturated heterocycles. The molecule has 0 bridgehead atoms. The molecule has 1 amide bonds. The third-order valence-electron chi connectivity index (χ3n) is 5.15. The summed E-state index contributed by atoms with van der Waals surface area (Å²) < 4.78 is 8.84. The number of amides is 1. The molecule has 1 aliphatic rings. The molecule has 0 atom stereocenters. The van der Waals surface area contributed by atoms with Gasteiger partial charge in [0.1, 0.15) is 12.4 Å². The molecule has 0 aromatic heterocycles. The van der Waals surface area contributed by atoms with Crippen molar-refractivity contribution < 1.29 is 14.5 Å². The number of halogens is 3. The van der Waals surface area contributed by atoms with Crippen LogP contribution in [0.5, 0.6) is 5.75 Å². The van der Waals surface area contributed by atoms with E-state index in [0.717, 1.165) is 45.3 Å². The van der Waals surface area contributed by atoms with Crippen molar-refractivity contribution in [3.63, 3.8) is 0 Å². The monoisotopic (exact) mass is 789 g/mol. The standard InChI is InChI=1S/C25H18BrI2N3O4S/c1-13-7-17(8-14(2)22(13)26)29-25-30-24(32)21(36-25)11-16-9-19(27)23(20(28)10-16)35-12-15-3-5-18(6-4-15)31(33)34/h3-11H,12H2,1-2H3,(H,29,30,32)/b21-11-. The predicted molar refractivity (Wildman–Crippen MR) is 164 cm³/mol. The number of aryl methyl sites for hydroxylation is 2. The van der Waals surface area contributed by atoms with Gasteiger partial charge in [-0.2, -0.15) is 0 Å². The van der Waals surface area contributed by atoms with Crippen LogP contribution in [0.1, 0.15) is 22.3 Å². The van der Waals surface area contributed by atoms with Gasteiger partial charge in [-0.15, -0.1) is 0 Å². The van der Waals surface area contributed by atoms with E-state index in [-0.39, 0.29) is 18.2 Å². The Morgan fingerprint density at radius 1 is 1.11 bits per heavy atom. The lowest BCUT2D eigenvalue weighted by molar-refractivity contribution is -0.384. The summed E-state index contributed by atoms with van der Waals surface area (Å²) in [5, 5.41) is 14.2. The number of nitro groups is 1. The first-order valence-electron chi connectivity index (χ1n) is 10.5. The molecule has 184 valence electrons. The second kappa shape index (κ2) is 11.6. The van der Waals surface area contributed by atoms with Crippen molar-refractivity contribution >= 4 is 101 Å². The SMILES string of the molecule is Cc1cc(N=C2NC(=O)/C(=C/c3cc(I)c(OCc4ccc([N+](=O)[O-])cc4)c(I)c3)S2)cc(C)c1Br. The Labute approximate surface area is 247 Å². The van der Waals surface area contributed by atoms with Crippen LogP contribution in [-0.2, 0) is 11.4 Å². The average molecular weight is 790 g/mol. The third kappa shape index (κ3) is 6.47. The van der Waals surface area contributed by atoms with Crippen LogP contribution in [0.3, 0.4) is 0 Å². The minimum atomic E-state index is -0.426. The predicted octanol–water partition coefficient (Wildman–Crippen LogP) is 7.65. The van der Waals surface area contributed by atoms with E-state index in [4.69, 9.17) is 4.74 Å². The quantitative estimate of drug-likeness (QED) is 0.120. The Morgan fingerprint density at radius 3 is 2.31 bits per heavy atom. The highest BCUT2D eigenvalue weighted by Crippen LogP contribution is 2.34. The van der Waals surface area contributed by atoms with E-state index in [9.17, 15) is 14.9 Å². The van der Waals surface area contributed by atoms with E-state index in [0.29, 0.717) is 10.1 Å². The number of rotatable bonds is 6. The number of thioether (sulfide) groups is 1. The topological polar surface area (TPSA) is 93.8 Å². The summed E-state index contributed by atoms with van der Waals surface area (Å²) in [7, 11) is 0. The van der Waals surface area contributed by atoms with E-state index >= 15 is 0 Å². The summed E-state index contributed by atoms with van der Waals surface area (Å²) in [5.41, 5.74) is 4.71. The van der Waals surface area contributed by atoms with E-state index in [1.165, 1.54) is 23.9 Å². The fourth-order valence-corrected chi connectivity index (χ4v) is 6.61. The normalized spacial score (nSPS) is 15.4. The highest BCUT2D eigenvalue weighted by atomic mass is 127. The first kappa shape index (κ1) is 27.1. The number of carbonyl (C=O) groups excluding carboxylic acids is 1. The molecule has 7 nitrogen and oxygen atoms in total. The second-order valence-corrected chi connectivity index (χ2v) is 12.0. The van der Waals surface area contributed by atoms with Crippen molar-refractivity contribution in [3.8, 4) is 5.75 Å². The third-order valence-corrected chi connectivity index (χ3v) is 8.91. The maximum absolute atomic E-state index is 12.6. The number of amidine groups is 1. The molecule has 0 aliphatic carbocycles. The van der Waals surface area contributed by atoms with Gasteiger partial charge < -0.3 is 10.1 Å². The minimum Gasteiger partial charge on any atom is -0.487 e. The largest absolute Gasteiger partial charge is 0.487 e. The Hall–Kier alpha value is -1.97. The molecule has 3 aromatic rings. The van der Waals surface area contributed by atoms with Gasteiger partial charge in [0.2, 0.25) is 0 Å². The molecule has 36 heavy (non-hydrogen) atoms. The number of benzene rings is 3. The summed E-state index contributed by atoms with van der Waals surface area (Å²) in [5.74, 6) is 0.538. The van der Waals surface area contributed by atoms with Crippen molar-refractivity contribution in [2.45, 2.75) is 20.5 Å². The van der Waals surface area contributed by atoms with Gasteiger partial charge in [-0.3, -0.25) is 14.9 Å². The van der Waals surface area contributed by atoms with Crippen LogP contribution in [0, 0.1) is 31.1 Å². The van der Waals surface area contributed by atoms with Gasteiger partial charge in [0.05, 0.1) is 22.7 Å². The Morgan fingerprint density at radius 2 is 1.72 bits per heavy atom. The number of aliphatic imine (C=N–C) groups is 1. The number of hydrogen-bond donors (Lipinski definition) is 1. The Kier molecular flexibility index (Phi) is 8.73. The molecular formula is C25H18BrI2N3O4S. The van der Waals surface area contributed by atoms with Crippen molar-refractivity contribution in [1.29, 1.82) is 0 Å². The lowest BCUT2D eigenvalue weighted by Crippen LogP contribution is -2.19. The van der Waals surface area contributed by atoms with Crippen LogP contribution in [0.2, 0.25) is 0 Å². The Bertz CT molecular complexity index is 1400. The molecule has 1 heterocycles. The van der Waals surface area contributed by atoms with E-state index < -0.39 is 4.92 Å². The van der Waals surface area contributed by atoms with Crippen molar-refractivity contribution in [1.82, 2.24) is 5.32 Å². The number of ether oxygens (including phenoxy) is 1. The maximum Gasteiger partial charge on any atom is 0.269 e. The fraction of sp³-hybridized carbons (Fsp3) is 0.120. The molecular weight excluding hydrogens is 772 g/mol. The molecule has 0 unspecified atom stereocenters. The van der Waals surface area contributed by atoms with Gasteiger partial charge in [-0.1, -0.05) is 15.9 Å². The van der Waals surface area contributed by atoms with Gasteiger partial charge in [-0.05, 0) is 136 Å². The number of nitrogens with one attached hydrogen (secondary N) is 1. The zero-order valence-electron chi connectivity index (χ0n) is 19.0. The lowest BCUT2D eigenvalue weighted by Gasteiger charge is -2.11. The molecule has 0 spiro atoms. The van der Waals surface area contributed by atoms with Crippen LogP contribution in [0.25, 0.3) is 6.08 Å². The van der Waals surface area contributed by atoms with Crippen molar-refractivity contribution in [3.05, 3.63) is 97.4 Å². The van der Waals surface area contributed by atoms with Gasteiger partial charge in [0.15, 0.2) is 5.17 Å². The molecule has 1 fully saturated rings. The van der Waals surface area contributed by atoms with E-state index in [2.05, 4.69) is 71.4 Å². The number of hydrogen-bond acceptors (Lipinski definition) is 6. The van der Waals surface area contributed by atoms with Gasteiger partial charge in [0, 0.05) is 16.6 Å². The summed E-state index contributed by atoms with van der Waals surface area (Å²) >= 11 is 9.28. The highest BCUT2D eigenvalue weighted by Gasteiger charge is 2.24. The second-order valence-electron chi connectivity index (χ2n) is 7.90. The summed E-state index contributed by atoms with van der Waals surface area (Å²) in [6.07, 6.45) is 1.84. The molecule has 0 radical (unpaired) electrons. The molecule has 1 N–H and O–H groups in total. The van der Waals surface area contributed by atoms with Crippen LogP contribution in [0.15, 0.2) is 62.9 Å². The van der Waals surface area contributed by atoms with Gasteiger partial charge in [-0.25, -0.2) is 4.99 Å². The number of nitrogens with zero attached hydrogens (tertiary/aromatic N) is 2. The van der Waals surface area contributed by atoms with E-state index in [1.807, 2.05) is 44.2 Å². The maximum atomic E-state index is 12.6. The number of non-ortho nitro benzene ring substituents is 1. The van der Waals surface area contributed by atoms with Crippen LogP contribution >= 0.6 is 72.9 Å². The number of nitro benzene ring substituents is 1. The number of carbonyl (C=O) groups is 1. The first-order chi connectivity index (χ1) is 17.1. The molecule has 0 saturated carbocycles. The zero-order valence-corrected chi connectivity index (χ0v) is 25.7. The van der Waals surface area contributed by atoms with Crippen molar-refractivity contribution in [2.24, 2.45) is 4.99 Å². The summed E-state index contributed by atoms with van der Waals surface area (Å²) in [6.45, 7) is 4.31. The van der Waals surface area contributed by atoms with E-state index in [1.54, 1.807) is 12.1 Å². The highest BCUT2D eigenvalue weighted by molar-refractivity contribution is 14.1. The molecule has 3 aromatic carbocycles.